The Balaban J connectivity index is 2.45. The molecule has 0 aliphatic carbocycles. The van der Waals surface area contributed by atoms with Crippen molar-refractivity contribution >= 4 is 0 Å². The van der Waals surface area contributed by atoms with Crippen LogP contribution in [0, 0.1) is 0 Å². The Hall–Kier alpha value is -1.96. The Labute approximate surface area is 120 Å². The SMILES string of the molecule is CC(C)c1ccc(-c2ccc(C(C)C)c(O)c2O)cc1. The second-order valence-electron chi connectivity index (χ2n) is 5.83. The summed E-state index contributed by atoms with van der Waals surface area (Å²) < 4.78 is 0. The van der Waals surface area contributed by atoms with Crippen LogP contribution < -0.4 is 0 Å². The Morgan fingerprint density at radius 3 is 1.80 bits per heavy atom. The second-order valence-corrected chi connectivity index (χ2v) is 5.83. The lowest BCUT2D eigenvalue weighted by Crippen LogP contribution is -1.91. The fraction of sp³-hybridized carbons (Fsp3) is 0.333. The summed E-state index contributed by atoms with van der Waals surface area (Å²) in [6, 6.07) is 11.8. The molecule has 0 saturated carbocycles. The van der Waals surface area contributed by atoms with Gasteiger partial charge in [0, 0.05) is 11.1 Å². The monoisotopic (exact) mass is 270 g/mol. The molecule has 2 aromatic rings. The molecule has 0 aliphatic heterocycles. The van der Waals surface area contributed by atoms with E-state index in [4.69, 9.17) is 0 Å². The Bertz CT molecular complexity index is 596. The summed E-state index contributed by atoms with van der Waals surface area (Å²) in [5.74, 6) is 0.617. The van der Waals surface area contributed by atoms with Gasteiger partial charge in [-0.15, -0.1) is 0 Å². The first-order chi connectivity index (χ1) is 9.41. The van der Waals surface area contributed by atoms with Gasteiger partial charge in [0.15, 0.2) is 11.5 Å². The van der Waals surface area contributed by atoms with E-state index in [-0.39, 0.29) is 17.4 Å². The topological polar surface area (TPSA) is 40.5 Å². The van der Waals surface area contributed by atoms with Gasteiger partial charge >= 0.3 is 0 Å². The van der Waals surface area contributed by atoms with E-state index in [0.717, 1.165) is 11.1 Å². The van der Waals surface area contributed by atoms with E-state index < -0.39 is 0 Å². The third kappa shape index (κ3) is 2.64. The van der Waals surface area contributed by atoms with Crippen LogP contribution in [0.15, 0.2) is 36.4 Å². The third-order valence-electron chi connectivity index (χ3n) is 3.69. The fourth-order valence-electron chi connectivity index (χ4n) is 2.34. The van der Waals surface area contributed by atoms with E-state index in [9.17, 15) is 10.2 Å². The van der Waals surface area contributed by atoms with Crippen molar-refractivity contribution in [2.75, 3.05) is 0 Å². The molecule has 2 heteroatoms. The summed E-state index contributed by atoms with van der Waals surface area (Å²) in [5.41, 5.74) is 3.61. The van der Waals surface area contributed by atoms with Crippen LogP contribution in [-0.2, 0) is 0 Å². The summed E-state index contributed by atoms with van der Waals surface area (Å²) in [4.78, 5) is 0. The Morgan fingerprint density at radius 1 is 0.700 bits per heavy atom. The van der Waals surface area contributed by atoms with Gasteiger partial charge < -0.3 is 10.2 Å². The molecule has 0 unspecified atom stereocenters. The van der Waals surface area contributed by atoms with Gasteiger partial charge in [-0.05, 0) is 23.0 Å². The minimum absolute atomic E-state index is 0.00886. The van der Waals surface area contributed by atoms with Crippen LogP contribution in [0.4, 0.5) is 0 Å². The second kappa shape index (κ2) is 5.58. The Morgan fingerprint density at radius 2 is 1.30 bits per heavy atom. The van der Waals surface area contributed by atoms with E-state index in [1.807, 2.05) is 38.1 Å². The number of aromatic hydroxyl groups is 2. The van der Waals surface area contributed by atoms with Crippen molar-refractivity contribution < 1.29 is 10.2 Å². The number of benzene rings is 2. The highest BCUT2D eigenvalue weighted by Gasteiger charge is 2.15. The van der Waals surface area contributed by atoms with E-state index in [2.05, 4.69) is 26.0 Å². The highest BCUT2D eigenvalue weighted by Crippen LogP contribution is 2.41. The highest BCUT2D eigenvalue weighted by atomic mass is 16.3. The fourth-order valence-corrected chi connectivity index (χ4v) is 2.34. The van der Waals surface area contributed by atoms with E-state index in [1.165, 1.54) is 5.56 Å². The first-order valence-corrected chi connectivity index (χ1v) is 7.07. The molecule has 0 heterocycles. The lowest BCUT2D eigenvalue weighted by Gasteiger charge is -2.14. The summed E-state index contributed by atoms with van der Waals surface area (Å²) in [5, 5.41) is 20.3. The molecular formula is C18H22O2. The van der Waals surface area contributed by atoms with Crippen LogP contribution in [0.5, 0.6) is 11.5 Å². The largest absolute Gasteiger partial charge is 0.504 e. The number of rotatable bonds is 3. The van der Waals surface area contributed by atoms with Gasteiger partial charge in [-0.25, -0.2) is 0 Å². The molecule has 0 amide bonds. The molecule has 0 bridgehead atoms. The molecule has 2 rings (SSSR count). The molecule has 2 nitrogen and oxygen atoms in total. The molecule has 0 aromatic heterocycles. The molecule has 2 aromatic carbocycles. The van der Waals surface area contributed by atoms with Crippen molar-refractivity contribution in [2.24, 2.45) is 0 Å². The Kier molecular flexibility index (Phi) is 4.03. The maximum atomic E-state index is 10.2. The maximum absolute atomic E-state index is 10.2. The van der Waals surface area contributed by atoms with Gasteiger partial charge in [0.2, 0.25) is 0 Å². The van der Waals surface area contributed by atoms with Crippen LogP contribution in [0.25, 0.3) is 11.1 Å². The zero-order valence-corrected chi connectivity index (χ0v) is 12.5. The molecule has 0 atom stereocenters. The number of hydrogen-bond donors (Lipinski definition) is 2. The lowest BCUT2D eigenvalue weighted by atomic mass is 9.94. The van der Waals surface area contributed by atoms with Gasteiger partial charge in [-0.3, -0.25) is 0 Å². The zero-order valence-electron chi connectivity index (χ0n) is 12.5. The quantitative estimate of drug-likeness (QED) is 0.769. The van der Waals surface area contributed by atoms with Crippen LogP contribution in [-0.4, -0.2) is 10.2 Å². The molecule has 0 radical (unpaired) electrons. The van der Waals surface area contributed by atoms with Crippen molar-refractivity contribution in [1.82, 2.24) is 0 Å². The van der Waals surface area contributed by atoms with E-state index in [0.29, 0.717) is 11.5 Å². The van der Waals surface area contributed by atoms with Crippen molar-refractivity contribution in [1.29, 1.82) is 0 Å². The maximum Gasteiger partial charge on any atom is 0.165 e. The summed E-state index contributed by atoms with van der Waals surface area (Å²) >= 11 is 0. The average Bonchev–Trinajstić information content (AvgIpc) is 2.41. The molecule has 2 N–H and O–H groups in total. The number of phenols is 2. The van der Waals surface area contributed by atoms with E-state index in [1.54, 1.807) is 0 Å². The summed E-state index contributed by atoms with van der Waals surface area (Å²) in [7, 11) is 0. The number of hydrogen-bond acceptors (Lipinski definition) is 2. The molecule has 0 spiro atoms. The number of phenolic OH excluding ortho intramolecular Hbond substituents is 2. The van der Waals surface area contributed by atoms with Gasteiger partial charge in [0.25, 0.3) is 0 Å². The summed E-state index contributed by atoms with van der Waals surface area (Å²) in [6.45, 7) is 8.28. The molecule has 0 fully saturated rings. The predicted molar refractivity (Wildman–Crippen MR) is 83.4 cm³/mol. The van der Waals surface area contributed by atoms with Crippen molar-refractivity contribution in [3.05, 3.63) is 47.5 Å². The van der Waals surface area contributed by atoms with Crippen LogP contribution in [0.1, 0.15) is 50.7 Å². The standard InChI is InChI=1S/C18H22O2/c1-11(2)13-5-7-14(8-6-13)16-10-9-15(12(3)4)17(19)18(16)20/h5-12,19-20H,1-4H3. The van der Waals surface area contributed by atoms with Crippen LogP contribution in [0.2, 0.25) is 0 Å². The van der Waals surface area contributed by atoms with Gasteiger partial charge in [0.1, 0.15) is 0 Å². The molecule has 0 saturated heterocycles. The molecular weight excluding hydrogens is 248 g/mol. The lowest BCUT2D eigenvalue weighted by molar-refractivity contribution is 0.399. The minimum Gasteiger partial charge on any atom is -0.504 e. The smallest absolute Gasteiger partial charge is 0.165 e. The van der Waals surface area contributed by atoms with Gasteiger partial charge in [-0.1, -0.05) is 64.1 Å². The average molecular weight is 270 g/mol. The van der Waals surface area contributed by atoms with Crippen LogP contribution in [0.3, 0.4) is 0 Å². The first kappa shape index (κ1) is 14.4. The molecule has 0 aliphatic rings. The molecule has 106 valence electrons. The highest BCUT2D eigenvalue weighted by molar-refractivity contribution is 5.74. The zero-order chi connectivity index (χ0) is 14.9. The van der Waals surface area contributed by atoms with Gasteiger partial charge in [-0.2, -0.15) is 0 Å². The van der Waals surface area contributed by atoms with Crippen molar-refractivity contribution in [3.8, 4) is 22.6 Å². The first-order valence-electron chi connectivity index (χ1n) is 7.07. The van der Waals surface area contributed by atoms with Crippen molar-refractivity contribution in [3.63, 3.8) is 0 Å². The third-order valence-corrected chi connectivity index (χ3v) is 3.69. The predicted octanol–water partition coefficient (Wildman–Crippen LogP) is 5.01. The minimum atomic E-state index is -0.0338. The molecule has 20 heavy (non-hydrogen) atoms. The summed E-state index contributed by atoms with van der Waals surface area (Å²) in [6.07, 6.45) is 0. The normalized spacial score (nSPS) is 11.3. The van der Waals surface area contributed by atoms with Gasteiger partial charge in [0.05, 0.1) is 0 Å². The van der Waals surface area contributed by atoms with E-state index >= 15 is 0 Å². The van der Waals surface area contributed by atoms with Crippen LogP contribution >= 0.6 is 0 Å². The van der Waals surface area contributed by atoms with Crippen molar-refractivity contribution in [2.45, 2.75) is 39.5 Å².